The van der Waals surface area contributed by atoms with E-state index in [1.54, 1.807) is 29.4 Å². The van der Waals surface area contributed by atoms with Crippen molar-refractivity contribution in [2.45, 2.75) is 18.9 Å². The maximum Gasteiger partial charge on any atom is 0.322 e. The summed E-state index contributed by atoms with van der Waals surface area (Å²) in [5.41, 5.74) is 1.64. The Balaban J connectivity index is 1.73. The van der Waals surface area contributed by atoms with Crippen LogP contribution in [0.2, 0.25) is 0 Å². The van der Waals surface area contributed by atoms with E-state index in [0.29, 0.717) is 12.2 Å². The highest BCUT2D eigenvalue weighted by Crippen LogP contribution is 2.31. The van der Waals surface area contributed by atoms with Crippen molar-refractivity contribution in [1.82, 2.24) is 9.88 Å². The van der Waals surface area contributed by atoms with Crippen LogP contribution in [0.3, 0.4) is 0 Å². The summed E-state index contributed by atoms with van der Waals surface area (Å²) in [6.07, 6.45) is 5.43. The third kappa shape index (κ3) is 3.02. The predicted octanol–water partition coefficient (Wildman–Crippen LogP) is 3.59. The van der Waals surface area contributed by atoms with Crippen molar-refractivity contribution in [3.8, 4) is 0 Å². The Kier molecular flexibility index (Phi) is 3.81. The average molecular weight is 285 g/mol. The minimum Gasteiger partial charge on any atom is -0.317 e. The zero-order valence-electron chi connectivity index (χ0n) is 11.5. The van der Waals surface area contributed by atoms with Crippen molar-refractivity contribution in [3.05, 3.63) is 60.2 Å². The lowest BCUT2D eigenvalue weighted by molar-refractivity contribution is 0.207. The second-order valence-corrected chi connectivity index (χ2v) is 5.07. The van der Waals surface area contributed by atoms with Crippen LogP contribution in [-0.4, -0.2) is 22.5 Å². The number of hydrogen-bond donors (Lipinski definition) is 1. The first kappa shape index (κ1) is 13.5. The molecule has 21 heavy (non-hydrogen) atoms. The minimum atomic E-state index is -0.317. The van der Waals surface area contributed by atoms with E-state index >= 15 is 0 Å². The van der Waals surface area contributed by atoms with Crippen LogP contribution in [0.4, 0.5) is 14.9 Å². The highest BCUT2D eigenvalue weighted by molar-refractivity contribution is 5.89. The number of carbonyl (C=O) groups is 1. The average Bonchev–Trinajstić information content (AvgIpc) is 3.00. The summed E-state index contributed by atoms with van der Waals surface area (Å²) in [6, 6.07) is 9.54. The van der Waals surface area contributed by atoms with Crippen LogP contribution >= 0.6 is 0 Å². The van der Waals surface area contributed by atoms with Crippen molar-refractivity contribution in [1.29, 1.82) is 0 Å². The number of likely N-dealkylation sites (tertiary alicyclic amines) is 1. The molecular weight excluding hydrogens is 269 g/mol. The third-order valence-electron chi connectivity index (χ3n) is 3.68. The Morgan fingerprint density at radius 3 is 2.81 bits per heavy atom. The number of pyridine rings is 1. The molecule has 1 saturated heterocycles. The standard InChI is InChI=1S/C16H16FN3O/c17-13-5-7-14(8-6-13)19-16(21)20-10-2-4-15(20)12-3-1-9-18-11-12/h1,3,5-9,11,15H,2,4,10H2,(H,19,21). The van der Waals surface area contributed by atoms with Gasteiger partial charge in [0.05, 0.1) is 6.04 Å². The van der Waals surface area contributed by atoms with Crippen molar-refractivity contribution in [3.63, 3.8) is 0 Å². The number of benzene rings is 1. The highest BCUT2D eigenvalue weighted by Gasteiger charge is 2.30. The normalized spacial score (nSPS) is 17.8. The molecule has 0 radical (unpaired) electrons. The Morgan fingerprint density at radius 1 is 1.29 bits per heavy atom. The number of urea groups is 1. The Labute approximate surface area is 122 Å². The number of nitrogens with one attached hydrogen (secondary N) is 1. The number of anilines is 1. The van der Waals surface area contributed by atoms with Crippen molar-refractivity contribution >= 4 is 11.7 Å². The highest BCUT2D eigenvalue weighted by atomic mass is 19.1. The predicted molar refractivity (Wildman–Crippen MR) is 78.3 cm³/mol. The van der Waals surface area contributed by atoms with Gasteiger partial charge in [-0.25, -0.2) is 9.18 Å². The van der Waals surface area contributed by atoms with Crippen LogP contribution in [0, 0.1) is 5.82 Å². The first-order valence-electron chi connectivity index (χ1n) is 6.97. The molecule has 1 atom stereocenters. The van der Waals surface area contributed by atoms with Gasteiger partial charge in [-0.2, -0.15) is 0 Å². The van der Waals surface area contributed by atoms with Gasteiger partial charge in [0.1, 0.15) is 5.82 Å². The SMILES string of the molecule is O=C(Nc1ccc(F)cc1)N1CCCC1c1cccnc1. The fourth-order valence-electron chi connectivity index (χ4n) is 2.66. The molecule has 5 heteroatoms. The lowest BCUT2D eigenvalue weighted by Gasteiger charge is -2.25. The van der Waals surface area contributed by atoms with Gasteiger partial charge in [0.2, 0.25) is 0 Å². The lowest BCUT2D eigenvalue weighted by Crippen LogP contribution is -2.34. The van der Waals surface area contributed by atoms with Gasteiger partial charge in [-0.05, 0) is 48.7 Å². The van der Waals surface area contributed by atoms with Crippen LogP contribution in [0.5, 0.6) is 0 Å². The monoisotopic (exact) mass is 285 g/mol. The van der Waals surface area contributed by atoms with Crippen molar-refractivity contribution < 1.29 is 9.18 Å². The largest absolute Gasteiger partial charge is 0.322 e. The van der Waals surface area contributed by atoms with Crippen LogP contribution in [0.25, 0.3) is 0 Å². The molecule has 1 fully saturated rings. The van der Waals surface area contributed by atoms with Crippen LogP contribution in [0.15, 0.2) is 48.8 Å². The summed E-state index contributed by atoms with van der Waals surface area (Å²) in [6.45, 7) is 0.715. The van der Waals surface area contributed by atoms with Gasteiger partial charge in [0.25, 0.3) is 0 Å². The van der Waals surface area contributed by atoms with Crippen LogP contribution in [-0.2, 0) is 0 Å². The molecule has 1 N–H and O–H groups in total. The van der Waals surface area contributed by atoms with Crippen molar-refractivity contribution in [2.75, 3.05) is 11.9 Å². The zero-order chi connectivity index (χ0) is 14.7. The van der Waals surface area contributed by atoms with E-state index in [1.165, 1.54) is 12.1 Å². The number of aromatic nitrogens is 1. The molecule has 108 valence electrons. The van der Waals surface area contributed by atoms with E-state index in [4.69, 9.17) is 0 Å². The third-order valence-corrected chi connectivity index (χ3v) is 3.68. The fraction of sp³-hybridized carbons (Fsp3) is 0.250. The molecule has 4 nitrogen and oxygen atoms in total. The smallest absolute Gasteiger partial charge is 0.317 e. The molecule has 1 aliphatic heterocycles. The van der Waals surface area contributed by atoms with E-state index < -0.39 is 0 Å². The van der Waals surface area contributed by atoms with Gasteiger partial charge in [0, 0.05) is 24.6 Å². The van der Waals surface area contributed by atoms with Crippen LogP contribution in [0.1, 0.15) is 24.4 Å². The Bertz CT molecular complexity index is 615. The van der Waals surface area contributed by atoms with E-state index in [9.17, 15) is 9.18 Å². The van der Waals surface area contributed by atoms with E-state index in [1.807, 2.05) is 12.1 Å². The Morgan fingerprint density at radius 2 is 2.10 bits per heavy atom. The molecule has 3 rings (SSSR count). The van der Waals surface area contributed by atoms with E-state index in [-0.39, 0.29) is 17.9 Å². The van der Waals surface area contributed by atoms with Gasteiger partial charge in [-0.1, -0.05) is 6.07 Å². The molecule has 1 aromatic carbocycles. The summed E-state index contributed by atoms with van der Waals surface area (Å²) in [5, 5.41) is 2.81. The van der Waals surface area contributed by atoms with Gasteiger partial charge in [-0.3, -0.25) is 4.98 Å². The summed E-state index contributed by atoms with van der Waals surface area (Å²) in [4.78, 5) is 18.3. The van der Waals surface area contributed by atoms with E-state index in [2.05, 4.69) is 10.3 Å². The fourth-order valence-corrected chi connectivity index (χ4v) is 2.66. The van der Waals surface area contributed by atoms with Gasteiger partial charge in [0.15, 0.2) is 0 Å². The molecule has 2 heterocycles. The molecular formula is C16H16FN3O. The topological polar surface area (TPSA) is 45.2 Å². The molecule has 1 unspecified atom stereocenters. The van der Waals surface area contributed by atoms with E-state index in [0.717, 1.165) is 18.4 Å². The second kappa shape index (κ2) is 5.91. The maximum atomic E-state index is 12.9. The number of carbonyl (C=O) groups excluding carboxylic acids is 1. The first-order valence-corrected chi connectivity index (χ1v) is 6.97. The second-order valence-electron chi connectivity index (χ2n) is 5.07. The molecule has 2 aromatic rings. The molecule has 0 spiro atoms. The molecule has 0 aliphatic carbocycles. The maximum absolute atomic E-state index is 12.9. The molecule has 0 bridgehead atoms. The number of amides is 2. The Hall–Kier alpha value is -2.43. The summed E-state index contributed by atoms with van der Waals surface area (Å²) < 4.78 is 12.9. The zero-order valence-corrected chi connectivity index (χ0v) is 11.5. The number of halogens is 1. The summed E-state index contributed by atoms with van der Waals surface area (Å²) in [7, 11) is 0. The van der Waals surface area contributed by atoms with Gasteiger partial charge in [-0.15, -0.1) is 0 Å². The summed E-state index contributed by atoms with van der Waals surface area (Å²) in [5.74, 6) is -0.317. The van der Waals surface area contributed by atoms with Crippen LogP contribution < -0.4 is 5.32 Å². The number of hydrogen-bond acceptors (Lipinski definition) is 2. The van der Waals surface area contributed by atoms with Gasteiger partial charge < -0.3 is 10.2 Å². The molecule has 0 saturated carbocycles. The molecule has 1 aliphatic rings. The number of nitrogens with zero attached hydrogens (tertiary/aromatic N) is 2. The lowest BCUT2D eigenvalue weighted by atomic mass is 10.1. The van der Waals surface area contributed by atoms with Gasteiger partial charge >= 0.3 is 6.03 Å². The summed E-state index contributed by atoms with van der Waals surface area (Å²) >= 11 is 0. The number of rotatable bonds is 2. The minimum absolute atomic E-state index is 0.0548. The first-order chi connectivity index (χ1) is 10.2. The molecule has 2 amide bonds. The molecule has 1 aromatic heterocycles. The van der Waals surface area contributed by atoms with Crippen molar-refractivity contribution in [2.24, 2.45) is 0 Å². The quantitative estimate of drug-likeness (QED) is 0.916.